The van der Waals surface area contributed by atoms with Gasteiger partial charge in [-0.05, 0) is 80.5 Å². The van der Waals surface area contributed by atoms with Crippen LogP contribution in [0.5, 0.6) is 5.75 Å². The summed E-state index contributed by atoms with van der Waals surface area (Å²) < 4.78 is 26.8. The fraction of sp³-hybridized carbons (Fsp3) is 0.300. The first-order valence-electron chi connectivity index (χ1n) is 12.1. The molecule has 180 valence electrons. The Morgan fingerprint density at radius 1 is 0.943 bits per heavy atom. The highest BCUT2D eigenvalue weighted by atomic mass is 32.2. The standard InChI is InChI=1S/C30H30FO3S/c1-20-16-26(35-22(3)18-23-8-4-5-9-27(23)35)17-21(2)29(20)33-19-28(32)34-30(14-6-7-15-30)24-10-12-25(31)13-11-24/h4-5,8-13,16-18H,6-7,14-15,19H2,1-3H3/q+1. The molecule has 3 nitrogen and oxygen atoms in total. The first-order chi connectivity index (χ1) is 16.9. The molecule has 1 heterocycles. The van der Waals surface area contributed by atoms with Crippen LogP contribution in [-0.2, 0) is 15.1 Å². The molecule has 0 N–H and O–H groups in total. The topological polar surface area (TPSA) is 35.5 Å². The molecule has 1 aromatic heterocycles. The lowest BCUT2D eigenvalue weighted by Gasteiger charge is -2.29. The predicted octanol–water partition coefficient (Wildman–Crippen LogP) is 8.03. The maximum Gasteiger partial charge on any atom is 0.345 e. The van der Waals surface area contributed by atoms with Gasteiger partial charge >= 0.3 is 5.97 Å². The van der Waals surface area contributed by atoms with Crippen molar-refractivity contribution in [2.45, 2.75) is 52.1 Å². The van der Waals surface area contributed by atoms with Crippen molar-refractivity contribution in [2.75, 3.05) is 6.61 Å². The highest BCUT2D eigenvalue weighted by Crippen LogP contribution is 2.45. The lowest BCUT2D eigenvalue weighted by atomic mass is 9.92. The predicted molar refractivity (Wildman–Crippen MR) is 140 cm³/mol. The van der Waals surface area contributed by atoms with E-state index in [0.29, 0.717) is 0 Å². The number of aryl methyl sites for hydroxylation is 3. The first kappa shape index (κ1) is 23.6. The van der Waals surface area contributed by atoms with Crippen molar-refractivity contribution in [3.63, 3.8) is 0 Å². The number of esters is 1. The zero-order valence-electron chi connectivity index (χ0n) is 20.4. The first-order valence-corrected chi connectivity index (χ1v) is 13.3. The number of hydrogen-bond acceptors (Lipinski definition) is 3. The maximum absolute atomic E-state index is 13.4. The third-order valence-corrected chi connectivity index (χ3v) is 9.19. The minimum absolute atomic E-state index is 0.0966. The average molecular weight is 490 g/mol. The number of hydrogen-bond donors (Lipinski definition) is 0. The summed E-state index contributed by atoms with van der Waals surface area (Å²) in [4.78, 5) is 15.5. The van der Waals surface area contributed by atoms with E-state index >= 15 is 0 Å². The van der Waals surface area contributed by atoms with Crippen LogP contribution in [0.4, 0.5) is 4.39 Å². The molecule has 1 saturated carbocycles. The molecule has 5 rings (SSSR count). The van der Waals surface area contributed by atoms with Gasteiger partial charge in [-0.2, -0.15) is 0 Å². The number of ether oxygens (including phenoxy) is 2. The molecule has 1 aliphatic carbocycles. The molecule has 1 atom stereocenters. The van der Waals surface area contributed by atoms with Gasteiger partial charge in [0.05, 0.1) is 0 Å². The Balaban J connectivity index is 1.34. The monoisotopic (exact) mass is 489 g/mol. The normalized spacial score (nSPS) is 15.4. The van der Waals surface area contributed by atoms with Crippen LogP contribution in [0.2, 0.25) is 0 Å². The van der Waals surface area contributed by atoms with Crippen LogP contribution in [0, 0.1) is 26.6 Å². The number of carbonyl (C=O) groups is 1. The summed E-state index contributed by atoms with van der Waals surface area (Å²) in [5.74, 6) is 0.0356. The van der Waals surface area contributed by atoms with E-state index in [9.17, 15) is 9.18 Å². The molecular weight excluding hydrogens is 459 g/mol. The zero-order valence-corrected chi connectivity index (χ0v) is 21.2. The second-order valence-electron chi connectivity index (χ2n) is 9.46. The number of halogens is 1. The molecule has 0 amide bonds. The lowest BCUT2D eigenvalue weighted by Crippen LogP contribution is -2.32. The molecule has 4 aromatic rings. The van der Waals surface area contributed by atoms with Gasteiger partial charge in [-0.25, -0.2) is 9.18 Å². The summed E-state index contributed by atoms with van der Waals surface area (Å²) in [6.07, 6.45) is 3.44. The second kappa shape index (κ2) is 9.46. The molecule has 0 aliphatic heterocycles. The summed E-state index contributed by atoms with van der Waals surface area (Å²) in [6, 6.07) is 21.5. The minimum Gasteiger partial charge on any atom is -0.481 e. The van der Waals surface area contributed by atoms with Crippen molar-refractivity contribution in [3.8, 4) is 10.6 Å². The van der Waals surface area contributed by atoms with E-state index in [4.69, 9.17) is 9.47 Å². The molecule has 1 aliphatic rings. The Morgan fingerprint density at radius 3 is 2.29 bits per heavy atom. The van der Waals surface area contributed by atoms with Gasteiger partial charge in [-0.15, -0.1) is 0 Å². The van der Waals surface area contributed by atoms with Crippen LogP contribution in [0.1, 0.15) is 47.3 Å². The average Bonchev–Trinajstić information content (AvgIpc) is 3.43. The van der Waals surface area contributed by atoms with E-state index < -0.39 is 11.6 Å². The smallest absolute Gasteiger partial charge is 0.345 e. The van der Waals surface area contributed by atoms with Gasteiger partial charge in [-0.3, -0.25) is 0 Å². The second-order valence-corrected chi connectivity index (χ2v) is 11.6. The van der Waals surface area contributed by atoms with Crippen molar-refractivity contribution >= 4 is 26.5 Å². The van der Waals surface area contributed by atoms with Crippen molar-refractivity contribution in [3.05, 3.63) is 94.1 Å². The van der Waals surface area contributed by atoms with Gasteiger partial charge in [0.1, 0.15) is 17.2 Å². The summed E-state index contributed by atoms with van der Waals surface area (Å²) in [5.41, 5.74) is 2.17. The van der Waals surface area contributed by atoms with Crippen molar-refractivity contribution < 1.29 is 18.7 Å². The van der Waals surface area contributed by atoms with Gasteiger partial charge in [0.2, 0.25) is 0 Å². The van der Waals surface area contributed by atoms with Gasteiger partial charge in [0.15, 0.2) is 21.1 Å². The number of rotatable bonds is 6. The Labute approximate surface area is 208 Å². The largest absolute Gasteiger partial charge is 0.481 e. The highest BCUT2D eigenvalue weighted by Gasteiger charge is 2.39. The Bertz CT molecular complexity index is 1360. The van der Waals surface area contributed by atoms with Gasteiger partial charge in [0, 0.05) is 41.0 Å². The number of thiophene rings is 1. The zero-order chi connectivity index (χ0) is 24.6. The van der Waals surface area contributed by atoms with Crippen LogP contribution in [0.15, 0.2) is 66.7 Å². The highest BCUT2D eigenvalue weighted by molar-refractivity contribution is 7.45. The Hall–Kier alpha value is -3.18. The van der Waals surface area contributed by atoms with E-state index in [1.807, 2.05) is 13.8 Å². The van der Waals surface area contributed by atoms with Crippen molar-refractivity contribution in [1.82, 2.24) is 0 Å². The molecule has 0 bridgehead atoms. The Kier molecular flexibility index (Phi) is 6.37. The van der Waals surface area contributed by atoms with E-state index in [1.165, 1.54) is 32.0 Å². The lowest BCUT2D eigenvalue weighted by molar-refractivity contribution is -0.163. The fourth-order valence-corrected chi connectivity index (χ4v) is 7.72. The number of fused-ring (bicyclic) bond motifs is 1. The minimum atomic E-state index is -0.692. The van der Waals surface area contributed by atoms with E-state index in [1.54, 1.807) is 12.1 Å². The van der Waals surface area contributed by atoms with E-state index in [2.05, 4.69) is 49.4 Å². The third kappa shape index (κ3) is 4.57. The van der Waals surface area contributed by atoms with Gasteiger partial charge in [-0.1, -0.05) is 24.3 Å². The molecule has 5 heteroatoms. The van der Waals surface area contributed by atoms with Crippen molar-refractivity contribution in [2.24, 2.45) is 0 Å². The number of benzene rings is 3. The summed E-state index contributed by atoms with van der Waals surface area (Å²) in [6.45, 7) is 6.09. The van der Waals surface area contributed by atoms with Gasteiger partial charge < -0.3 is 9.47 Å². The molecule has 0 saturated heterocycles. The van der Waals surface area contributed by atoms with Crippen LogP contribution < -0.4 is 4.74 Å². The SMILES string of the molecule is Cc1cc(-[s+]2c(C)cc3ccccc32)cc(C)c1OCC(=O)OC1(c2ccc(F)cc2)CCCC1. The summed E-state index contributed by atoms with van der Waals surface area (Å²) in [7, 11) is -0.0966. The molecule has 3 aromatic carbocycles. The molecule has 0 radical (unpaired) electrons. The van der Waals surface area contributed by atoms with Crippen LogP contribution in [0.3, 0.4) is 0 Å². The molecule has 1 unspecified atom stereocenters. The van der Waals surface area contributed by atoms with E-state index in [0.717, 1.165) is 48.1 Å². The van der Waals surface area contributed by atoms with Crippen LogP contribution in [-0.4, -0.2) is 12.6 Å². The van der Waals surface area contributed by atoms with Crippen LogP contribution >= 0.6 is 10.5 Å². The van der Waals surface area contributed by atoms with Gasteiger partial charge in [0.25, 0.3) is 0 Å². The molecule has 1 fully saturated rings. The quantitative estimate of drug-likeness (QED) is 0.203. The Morgan fingerprint density at radius 2 is 1.60 bits per heavy atom. The third-order valence-electron chi connectivity index (χ3n) is 6.91. The van der Waals surface area contributed by atoms with Crippen LogP contribution in [0.25, 0.3) is 15.0 Å². The van der Waals surface area contributed by atoms with E-state index in [-0.39, 0.29) is 22.9 Å². The maximum atomic E-state index is 13.4. The molecule has 35 heavy (non-hydrogen) atoms. The number of carbonyl (C=O) groups excluding carboxylic acids is 1. The molecular formula is C30H30FO3S+. The van der Waals surface area contributed by atoms with Crippen molar-refractivity contribution in [1.29, 1.82) is 0 Å². The summed E-state index contributed by atoms with van der Waals surface area (Å²) in [5, 5.41) is 1.29. The summed E-state index contributed by atoms with van der Waals surface area (Å²) >= 11 is 0. The fourth-order valence-electron chi connectivity index (χ4n) is 5.33. The molecule has 0 spiro atoms.